The van der Waals surface area contributed by atoms with Gasteiger partial charge < -0.3 is 0 Å². The van der Waals surface area contributed by atoms with Gasteiger partial charge in [0.25, 0.3) is 0 Å². The van der Waals surface area contributed by atoms with Gasteiger partial charge in [-0.25, -0.2) is 4.89 Å². The minimum Gasteiger partial charge on any atom is -0.251 e. The lowest BCUT2D eigenvalue weighted by Crippen LogP contribution is -1.96. The van der Waals surface area contributed by atoms with Crippen molar-refractivity contribution in [3.05, 3.63) is 71.3 Å². The quantitative estimate of drug-likeness (QED) is 0.636. The Morgan fingerprint density at radius 2 is 1.53 bits per heavy atom. The average molecular weight is 228 g/mol. The van der Waals surface area contributed by atoms with Gasteiger partial charge in [0, 0.05) is 0 Å². The van der Waals surface area contributed by atoms with E-state index in [4.69, 9.17) is 5.26 Å². The second kappa shape index (κ2) is 5.62. The van der Waals surface area contributed by atoms with Crippen LogP contribution in [0.25, 0.3) is 0 Å². The predicted molar refractivity (Wildman–Crippen MR) is 67.8 cm³/mol. The Morgan fingerprint density at radius 1 is 0.941 bits per heavy atom. The fourth-order valence-corrected chi connectivity index (χ4v) is 1.80. The van der Waals surface area contributed by atoms with Crippen molar-refractivity contribution >= 4 is 0 Å². The van der Waals surface area contributed by atoms with Crippen LogP contribution in [-0.2, 0) is 11.3 Å². The second-order valence-corrected chi connectivity index (χ2v) is 4.15. The Bertz CT molecular complexity index is 448. The maximum atomic E-state index is 8.59. The Kier molecular flexibility index (Phi) is 3.91. The molecule has 2 aromatic rings. The third kappa shape index (κ3) is 3.16. The van der Waals surface area contributed by atoms with Gasteiger partial charge in [0.15, 0.2) is 0 Å². The fraction of sp³-hybridized carbons (Fsp3) is 0.200. The van der Waals surface area contributed by atoms with Crippen molar-refractivity contribution < 1.29 is 10.1 Å². The van der Waals surface area contributed by atoms with Gasteiger partial charge in [0.05, 0.1) is 0 Å². The molecule has 0 fully saturated rings. The second-order valence-electron chi connectivity index (χ2n) is 4.15. The SMILES string of the molecule is CC(OO)c1ccc(Cc2ccccc2)cc1. The van der Waals surface area contributed by atoms with Crippen LogP contribution in [0.1, 0.15) is 29.7 Å². The summed E-state index contributed by atoms with van der Waals surface area (Å²) >= 11 is 0. The van der Waals surface area contributed by atoms with Gasteiger partial charge in [-0.3, -0.25) is 5.26 Å². The van der Waals surface area contributed by atoms with Crippen LogP contribution in [0.15, 0.2) is 54.6 Å². The smallest absolute Gasteiger partial charge is 0.115 e. The van der Waals surface area contributed by atoms with Crippen LogP contribution < -0.4 is 0 Å². The summed E-state index contributed by atoms with van der Waals surface area (Å²) in [7, 11) is 0. The van der Waals surface area contributed by atoms with Gasteiger partial charge in [0.2, 0.25) is 0 Å². The van der Waals surface area contributed by atoms with E-state index in [1.807, 2.05) is 37.3 Å². The third-order valence-electron chi connectivity index (χ3n) is 2.86. The zero-order chi connectivity index (χ0) is 12.1. The van der Waals surface area contributed by atoms with Crippen LogP contribution >= 0.6 is 0 Å². The fourth-order valence-electron chi connectivity index (χ4n) is 1.80. The van der Waals surface area contributed by atoms with Crippen molar-refractivity contribution in [3.63, 3.8) is 0 Å². The van der Waals surface area contributed by atoms with Crippen molar-refractivity contribution in [3.8, 4) is 0 Å². The van der Waals surface area contributed by atoms with Crippen LogP contribution in [-0.4, -0.2) is 5.26 Å². The molecule has 0 saturated heterocycles. The number of rotatable bonds is 4. The molecule has 17 heavy (non-hydrogen) atoms. The summed E-state index contributed by atoms with van der Waals surface area (Å²) in [6.07, 6.45) is 0.649. The lowest BCUT2D eigenvalue weighted by Gasteiger charge is -2.08. The highest BCUT2D eigenvalue weighted by Crippen LogP contribution is 2.17. The molecule has 0 amide bonds. The minimum absolute atomic E-state index is 0.277. The maximum absolute atomic E-state index is 8.59. The highest BCUT2D eigenvalue weighted by atomic mass is 17.1. The summed E-state index contributed by atoms with van der Waals surface area (Å²) in [5, 5.41) is 8.59. The van der Waals surface area contributed by atoms with Gasteiger partial charge in [-0.05, 0) is 30.0 Å². The van der Waals surface area contributed by atoms with E-state index in [9.17, 15) is 0 Å². The molecule has 0 bridgehead atoms. The average Bonchev–Trinajstić information content (AvgIpc) is 2.40. The van der Waals surface area contributed by atoms with Crippen molar-refractivity contribution in [1.82, 2.24) is 0 Å². The molecule has 2 nitrogen and oxygen atoms in total. The normalized spacial score (nSPS) is 12.4. The first-order valence-corrected chi connectivity index (χ1v) is 5.72. The standard InChI is InChI=1S/C15H16O2/c1-12(17-16)15-9-7-14(8-10-15)11-13-5-3-2-4-6-13/h2-10,12,16H,11H2,1H3. The van der Waals surface area contributed by atoms with Gasteiger partial charge in [-0.1, -0.05) is 54.6 Å². The summed E-state index contributed by atoms with van der Waals surface area (Å²) < 4.78 is 0. The molecule has 1 unspecified atom stereocenters. The van der Waals surface area contributed by atoms with Gasteiger partial charge >= 0.3 is 0 Å². The third-order valence-corrected chi connectivity index (χ3v) is 2.86. The maximum Gasteiger partial charge on any atom is 0.115 e. The Balaban J connectivity index is 2.08. The van der Waals surface area contributed by atoms with Crippen LogP contribution in [0.3, 0.4) is 0 Å². The van der Waals surface area contributed by atoms with E-state index in [2.05, 4.69) is 29.2 Å². The highest BCUT2D eigenvalue weighted by Gasteiger charge is 2.04. The van der Waals surface area contributed by atoms with Gasteiger partial charge in [-0.2, -0.15) is 0 Å². The van der Waals surface area contributed by atoms with E-state index in [0.717, 1.165) is 12.0 Å². The van der Waals surface area contributed by atoms with Crippen LogP contribution in [0.5, 0.6) is 0 Å². The van der Waals surface area contributed by atoms with Crippen molar-refractivity contribution in [2.75, 3.05) is 0 Å². The number of benzene rings is 2. The van der Waals surface area contributed by atoms with Crippen molar-refractivity contribution in [2.45, 2.75) is 19.4 Å². The molecule has 88 valence electrons. The first-order valence-electron chi connectivity index (χ1n) is 5.72. The van der Waals surface area contributed by atoms with E-state index < -0.39 is 0 Å². The lowest BCUT2D eigenvalue weighted by atomic mass is 10.0. The number of hydrogen-bond acceptors (Lipinski definition) is 2. The largest absolute Gasteiger partial charge is 0.251 e. The van der Waals surface area contributed by atoms with Crippen molar-refractivity contribution in [2.24, 2.45) is 0 Å². The molecule has 0 spiro atoms. The molecular weight excluding hydrogens is 212 g/mol. The van der Waals surface area contributed by atoms with E-state index in [1.54, 1.807) is 0 Å². The molecule has 2 aromatic carbocycles. The Labute approximate surface area is 101 Å². The zero-order valence-electron chi connectivity index (χ0n) is 9.84. The minimum atomic E-state index is -0.277. The molecule has 0 aliphatic carbocycles. The van der Waals surface area contributed by atoms with Crippen LogP contribution in [0.4, 0.5) is 0 Å². The van der Waals surface area contributed by atoms with E-state index in [1.165, 1.54) is 11.1 Å². The zero-order valence-corrected chi connectivity index (χ0v) is 9.84. The summed E-state index contributed by atoms with van der Waals surface area (Å²) in [4.78, 5) is 4.29. The summed E-state index contributed by atoms with van der Waals surface area (Å²) in [6.45, 7) is 1.81. The molecule has 0 saturated carbocycles. The molecule has 0 aliphatic heterocycles. The molecule has 0 aliphatic rings. The Hall–Kier alpha value is -1.64. The first kappa shape index (κ1) is 11.8. The molecule has 0 radical (unpaired) electrons. The first-order chi connectivity index (χ1) is 8.29. The predicted octanol–water partition coefficient (Wildman–Crippen LogP) is 3.83. The highest BCUT2D eigenvalue weighted by molar-refractivity contribution is 5.29. The van der Waals surface area contributed by atoms with E-state index in [-0.39, 0.29) is 6.10 Å². The molecule has 2 heteroatoms. The molecule has 2 rings (SSSR count). The molecular formula is C15H16O2. The van der Waals surface area contributed by atoms with Gasteiger partial charge in [-0.15, -0.1) is 0 Å². The summed E-state index contributed by atoms with van der Waals surface area (Å²) in [5.41, 5.74) is 3.53. The lowest BCUT2D eigenvalue weighted by molar-refractivity contribution is -0.277. The molecule has 0 aromatic heterocycles. The summed E-state index contributed by atoms with van der Waals surface area (Å²) in [5.74, 6) is 0. The molecule has 0 heterocycles. The van der Waals surface area contributed by atoms with Gasteiger partial charge in [0.1, 0.15) is 6.10 Å². The van der Waals surface area contributed by atoms with Crippen LogP contribution in [0, 0.1) is 0 Å². The topological polar surface area (TPSA) is 29.5 Å². The van der Waals surface area contributed by atoms with Crippen LogP contribution in [0.2, 0.25) is 0 Å². The monoisotopic (exact) mass is 228 g/mol. The molecule has 1 N–H and O–H groups in total. The van der Waals surface area contributed by atoms with E-state index >= 15 is 0 Å². The number of hydrogen-bond donors (Lipinski definition) is 1. The molecule has 1 atom stereocenters. The van der Waals surface area contributed by atoms with E-state index in [0.29, 0.717) is 0 Å². The van der Waals surface area contributed by atoms with Crippen molar-refractivity contribution in [1.29, 1.82) is 0 Å². The Morgan fingerprint density at radius 3 is 2.12 bits per heavy atom. The summed E-state index contributed by atoms with van der Waals surface area (Å²) in [6, 6.07) is 18.5.